The summed E-state index contributed by atoms with van der Waals surface area (Å²) in [5.74, 6) is 1.62. The molecule has 0 saturated carbocycles. The molecular formula is C14H15N5OS. The first-order valence-corrected chi connectivity index (χ1v) is 7.64. The van der Waals surface area contributed by atoms with Gasteiger partial charge in [-0.1, -0.05) is 12.1 Å². The van der Waals surface area contributed by atoms with Gasteiger partial charge >= 0.3 is 0 Å². The summed E-state index contributed by atoms with van der Waals surface area (Å²) in [5, 5.41) is 12.3. The summed E-state index contributed by atoms with van der Waals surface area (Å²) in [6, 6.07) is 7.93. The van der Waals surface area contributed by atoms with Crippen molar-refractivity contribution in [2.24, 2.45) is 0 Å². The minimum absolute atomic E-state index is 0.655. The van der Waals surface area contributed by atoms with Crippen LogP contribution in [0.25, 0.3) is 11.0 Å². The maximum absolute atomic E-state index is 5.23. The highest BCUT2D eigenvalue weighted by atomic mass is 32.2. The van der Waals surface area contributed by atoms with E-state index in [1.807, 2.05) is 30.5 Å². The molecule has 0 spiro atoms. The Morgan fingerprint density at radius 3 is 3.05 bits per heavy atom. The van der Waals surface area contributed by atoms with Crippen LogP contribution in [0.15, 0.2) is 35.6 Å². The number of aromatic nitrogens is 4. The van der Waals surface area contributed by atoms with E-state index in [0.29, 0.717) is 6.54 Å². The highest BCUT2D eigenvalue weighted by Crippen LogP contribution is 2.27. The standard InChI is InChI=1S/C14H15N5OS/c1-20-10-5-3-4-9(6-10)7-15-12-11-13(17-8-16-12)18-19-14(11)21-2/h3-6,8H,7H2,1-2H3,(H2,15,16,17,18,19). The molecule has 1 aromatic carbocycles. The van der Waals surface area contributed by atoms with E-state index >= 15 is 0 Å². The second kappa shape index (κ2) is 6.01. The van der Waals surface area contributed by atoms with E-state index in [1.54, 1.807) is 18.9 Å². The van der Waals surface area contributed by atoms with Gasteiger partial charge in [0, 0.05) is 6.54 Å². The molecule has 0 fully saturated rings. The normalized spacial score (nSPS) is 10.8. The van der Waals surface area contributed by atoms with Crippen molar-refractivity contribution in [3.8, 4) is 5.75 Å². The molecule has 108 valence electrons. The first kappa shape index (κ1) is 13.7. The van der Waals surface area contributed by atoms with Crippen LogP contribution in [0, 0.1) is 0 Å². The zero-order chi connectivity index (χ0) is 14.7. The van der Waals surface area contributed by atoms with E-state index in [-0.39, 0.29) is 0 Å². The van der Waals surface area contributed by atoms with Gasteiger partial charge in [-0.25, -0.2) is 9.97 Å². The lowest BCUT2D eigenvalue weighted by atomic mass is 10.2. The van der Waals surface area contributed by atoms with Crippen LogP contribution in [-0.4, -0.2) is 33.5 Å². The number of nitrogens with one attached hydrogen (secondary N) is 2. The Bertz CT molecular complexity index is 758. The molecule has 0 amide bonds. The number of fused-ring (bicyclic) bond motifs is 1. The summed E-state index contributed by atoms with van der Waals surface area (Å²) < 4.78 is 5.23. The number of thioether (sulfide) groups is 1. The summed E-state index contributed by atoms with van der Waals surface area (Å²) >= 11 is 1.56. The SMILES string of the molecule is COc1cccc(CNc2ncnc3[nH]nc(SC)c23)c1. The maximum atomic E-state index is 5.23. The van der Waals surface area contributed by atoms with Gasteiger partial charge < -0.3 is 10.1 Å². The highest BCUT2D eigenvalue weighted by molar-refractivity contribution is 7.98. The zero-order valence-electron chi connectivity index (χ0n) is 11.8. The molecule has 0 radical (unpaired) electrons. The van der Waals surface area contributed by atoms with Gasteiger partial charge in [0.15, 0.2) is 5.65 Å². The van der Waals surface area contributed by atoms with Crippen molar-refractivity contribution in [1.29, 1.82) is 0 Å². The molecule has 0 atom stereocenters. The fourth-order valence-corrected chi connectivity index (χ4v) is 2.62. The maximum Gasteiger partial charge on any atom is 0.161 e. The quantitative estimate of drug-likeness (QED) is 0.706. The van der Waals surface area contributed by atoms with Crippen LogP contribution in [0.4, 0.5) is 5.82 Å². The second-order valence-electron chi connectivity index (χ2n) is 4.38. The molecule has 6 nitrogen and oxygen atoms in total. The van der Waals surface area contributed by atoms with E-state index < -0.39 is 0 Å². The first-order chi connectivity index (χ1) is 10.3. The monoisotopic (exact) mass is 301 g/mol. The van der Waals surface area contributed by atoms with Crippen molar-refractivity contribution >= 4 is 28.6 Å². The van der Waals surface area contributed by atoms with E-state index in [2.05, 4.69) is 25.5 Å². The summed E-state index contributed by atoms with van der Waals surface area (Å²) in [5.41, 5.74) is 1.86. The molecule has 2 N–H and O–H groups in total. The smallest absolute Gasteiger partial charge is 0.161 e. The number of hydrogen-bond donors (Lipinski definition) is 2. The molecule has 0 aliphatic heterocycles. The summed E-state index contributed by atoms with van der Waals surface area (Å²) in [6.45, 7) is 0.655. The lowest BCUT2D eigenvalue weighted by Crippen LogP contribution is -2.02. The number of aromatic amines is 1. The van der Waals surface area contributed by atoms with E-state index in [0.717, 1.165) is 33.2 Å². The predicted octanol–water partition coefficient (Wildman–Crippen LogP) is 2.70. The summed E-state index contributed by atoms with van der Waals surface area (Å²) in [4.78, 5) is 8.51. The molecule has 3 rings (SSSR count). The van der Waals surface area contributed by atoms with Crippen molar-refractivity contribution in [2.75, 3.05) is 18.7 Å². The number of rotatable bonds is 5. The van der Waals surface area contributed by atoms with E-state index in [9.17, 15) is 0 Å². The molecule has 0 aliphatic rings. The van der Waals surface area contributed by atoms with Crippen molar-refractivity contribution in [3.63, 3.8) is 0 Å². The Balaban J connectivity index is 1.86. The number of hydrogen-bond acceptors (Lipinski definition) is 6. The molecule has 2 heterocycles. The predicted molar refractivity (Wildman–Crippen MR) is 83.8 cm³/mol. The van der Waals surface area contributed by atoms with Gasteiger partial charge in [0.2, 0.25) is 0 Å². The molecular weight excluding hydrogens is 286 g/mol. The van der Waals surface area contributed by atoms with Crippen molar-refractivity contribution < 1.29 is 4.74 Å². The van der Waals surface area contributed by atoms with Gasteiger partial charge in [-0.2, -0.15) is 5.10 Å². The second-order valence-corrected chi connectivity index (χ2v) is 5.18. The average Bonchev–Trinajstić information content (AvgIpc) is 2.97. The third-order valence-electron chi connectivity index (χ3n) is 3.11. The van der Waals surface area contributed by atoms with Crippen molar-refractivity contribution in [1.82, 2.24) is 20.2 Å². The minimum Gasteiger partial charge on any atom is -0.497 e. The van der Waals surface area contributed by atoms with Gasteiger partial charge in [-0.05, 0) is 24.0 Å². The third-order valence-corrected chi connectivity index (χ3v) is 3.79. The largest absolute Gasteiger partial charge is 0.497 e. The molecule has 21 heavy (non-hydrogen) atoms. The fraction of sp³-hybridized carbons (Fsp3) is 0.214. The molecule has 0 saturated heterocycles. The van der Waals surface area contributed by atoms with Crippen LogP contribution < -0.4 is 10.1 Å². The van der Waals surface area contributed by atoms with Crippen LogP contribution in [0.3, 0.4) is 0 Å². The lowest BCUT2D eigenvalue weighted by Gasteiger charge is -2.08. The van der Waals surface area contributed by atoms with Gasteiger partial charge in [0.05, 0.1) is 12.5 Å². The Morgan fingerprint density at radius 2 is 2.24 bits per heavy atom. The van der Waals surface area contributed by atoms with E-state index in [4.69, 9.17) is 4.74 Å². The topological polar surface area (TPSA) is 75.7 Å². The average molecular weight is 301 g/mol. The number of nitrogens with zero attached hydrogens (tertiary/aromatic N) is 3. The molecule has 7 heteroatoms. The van der Waals surface area contributed by atoms with Crippen molar-refractivity contribution in [3.05, 3.63) is 36.2 Å². The molecule has 0 aliphatic carbocycles. The summed E-state index contributed by atoms with van der Waals surface area (Å²) in [7, 11) is 1.66. The van der Waals surface area contributed by atoms with Crippen molar-refractivity contribution in [2.45, 2.75) is 11.6 Å². The molecule has 2 aromatic heterocycles. The van der Waals surface area contributed by atoms with Gasteiger partial charge in [-0.3, -0.25) is 5.10 Å². The lowest BCUT2D eigenvalue weighted by molar-refractivity contribution is 0.414. The first-order valence-electron chi connectivity index (χ1n) is 6.41. The number of ether oxygens (including phenoxy) is 1. The van der Waals surface area contributed by atoms with Gasteiger partial charge in [0.1, 0.15) is 22.9 Å². The van der Waals surface area contributed by atoms with Crippen LogP contribution >= 0.6 is 11.8 Å². The number of H-pyrrole nitrogens is 1. The number of anilines is 1. The Kier molecular flexibility index (Phi) is 3.92. The van der Waals surface area contributed by atoms with Crippen LogP contribution in [0.1, 0.15) is 5.56 Å². The minimum atomic E-state index is 0.655. The highest BCUT2D eigenvalue weighted by Gasteiger charge is 2.11. The van der Waals surface area contributed by atoms with E-state index in [1.165, 1.54) is 6.33 Å². The molecule has 0 unspecified atom stereocenters. The Labute approximate surface area is 126 Å². The molecule has 3 aromatic rings. The Morgan fingerprint density at radius 1 is 1.33 bits per heavy atom. The van der Waals surface area contributed by atoms with Gasteiger partial charge in [0.25, 0.3) is 0 Å². The number of methoxy groups -OCH3 is 1. The van der Waals surface area contributed by atoms with Crippen LogP contribution in [-0.2, 0) is 6.54 Å². The zero-order valence-corrected chi connectivity index (χ0v) is 12.6. The fourth-order valence-electron chi connectivity index (χ4n) is 2.08. The molecule has 0 bridgehead atoms. The van der Waals surface area contributed by atoms with Crippen LogP contribution in [0.5, 0.6) is 5.75 Å². The Hall–Kier alpha value is -2.28. The number of benzene rings is 1. The summed E-state index contributed by atoms with van der Waals surface area (Å²) in [6.07, 6.45) is 3.51. The van der Waals surface area contributed by atoms with Crippen LogP contribution in [0.2, 0.25) is 0 Å². The van der Waals surface area contributed by atoms with Gasteiger partial charge in [-0.15, -0.1) is 11.8 Å². The third kappa shape index (κ3) is 2.78.